The number of halogens is 1. The van der Waals surface area contributed by atoms with Gasteiger partial charge in [-0.1, -0.05) is 0 Å². The molecule has 1 aromatic rings. The van der Waals surface area contributed by atoms with Gasteiger partial charge in [-0.05, 0) is 31.3 Å². The van der Waals surface area contributed by atoms with Crippen molar-refractivity contribution in [2.24, 2.45) is 0 Å². The number of carbonyl (C=O) groups excluding carboxylic acids is 1. The number of nitrogens with zero attached hydrogens (tertiary/aromatic N) is 1. The molecule has 0 spiro atoms. The van der Waals surface area contributed by atoms with Gasteiger partial charge >= 0.3 is 5.97 Å². The smallest absolute Gasteiger partial charge is 0.319 e. The normalized spacial score (nSPS) is 10.4. The van der Waals surface area contributed by atoms with Gasteiger partial charge in [0.1, 0.15) is 18.2 Å². The largest absolute Gasteiger partial charge is 0.492 e. The number of esters is 1. The zero-order valence-electron chi connectivity index (χ0n) is 9.98. The molecular formula is C12H16FNO3. The molecule has 0 saturated heterocycles. The van der Waals surface area contributed by atoms with E-state index in [-0.39, 0.29) is 18.3 Å². The number of carbonyl (C=O) groups is 1. The second-order valence-electron chi connectivity index (χ2n) is 3.62. The molecule has 0 aliphatic carbocycles. The Kier molecular flexibility index (Phi) is 5.42. The predicted molar refractivity (Wildman–Crippen MR) is 61.4 cm³/mol. The highest BCUT2D eigenvalue weighted by molar-refractivity contribution is 5.71. The second-order valence-corrected chi connectivity index (χ2v) is 3.62. The molecule has 1 aromatic carbocycles. The molecule has 0 N–H and O–H groups in total. The third kappa shape index (κ3) is 5.31. The number of ether oxygens (including phenoxy) is 2. The predicted octanol–water partition coefficient (Wildman–Crippen LogP) is 1.31. The maximum absolute atomic E-state index is 12.6. The number of hydrogen-bond acceptors (Lipinski definition) is 4. The van der Waals surface area contributed by atoms with Crippen molar-refractivity contribution in [3.8, 4) is 5.75 Å². The van der Waals surface area contributed by atoms with Crippen LogP contribution in [0.25, 0.3) is 0 Å². The van der Waals surface area contributed by atoms with Gasteiger partial charge in [0.2, 0.25) is 0 Å². The molecule has 0 aromatic heterocycles. The van der Waals surface area contributed by atoms with Gasteiger partial charge in [-0.2, -0.15) is 0 Å². The van der Waals surface area contributed by atoms with Crippen LogP contribution in [0.15, 0.2) is 24.3 Å². The lowest BCUT2D eigenvalue weighted by molar-refractivity contribution is -0.141. The number of benzene rings is 1. The highest BCUT2D eigenvalue weighted by atomic mass is 19.1. The van der Waals surface area contributed by atoms with Gasteiger partial charge in [0.15, 0.2) is 0 Å². The Bertz CT molecular complexity index is 353. The molecule has 94 valence electrons. The van der Waals surface area contributed by atoms with Crippen LogP contribution < -0.4 is 4.74 Å². The van der Waals surface area contributed by atoms with E-state index in [0.29, 0.717) is 18.9 Å². The van der Waals surface area contributed by atoms with Crippen molar-refractivity contribution >= 4 is 5.97 Å². The summed E-state index contributed by atoms with van der Waals surface area (Å²) in [5.41, 5.74) is 0. The topological polar surface area (TPSA) is 38.8 Å². The van der Waals surface area contributed by atoms with Crippen molar-refractivity contribution in [1.29, 1.82) is 0 Å². The third-order valence-electron chi connectivity index (χ3n) is 2.18. The van der Waals surface area contributed by atoms with E-state index in [2.05, 4.69) is 4.74 Å². The lowest BCUT2D eigenvalue weighted by Gasteiger charge is -2.15. The molecule has 0 saturated carbocycles. The van der Waals surface area contributed by atoms with Crippen LogP contribution >= 0.6 is 0 Å². The summed E-state index contributed by atoms with van der Waals surface area (Å²) in [6.45, 7) is 1.24. The van der Waals surface area contributed by atoms with Crippen molar-refractivity contribution in [3.05, 3.63) is 30.1 Å². The summed E-state index contributed by atoms with van der Waals surface area (Å²) in [7, 11) is 3.15. The van der Waals surface area contributed by atoms with Crippen molar-refractivity contribution in [2.75, 3.05) is 33.9 Å². The molecule has 0 bridgehead atoms. The van der Waals surface area contributed by atoms with Crippen LogP contribution in [0.2, 0.25) is 0 Å². The van der Waals surface area contributed by atoms with Crippen LogP contribution in [0.4, 0.5) is 4.39 Å². The van der Waals surface area contributed by atoms with Crippen LogP contribution in [0.3, 0.4) is 0 Å². The Balaban J connectivity index is 2.23. The minimum absolute atomic E-state index is 0.225. The number of hydrogen-bond donors (Lipinski definition) is 0. The first-order valence-corrected chi connectivity index (χ1v) is 5.25. The van der Waals surface area contributed by atoms with E-state index in [0.717, 1.165) is 0 Å². The summed E-state index contributed by atoms with van der Waals surface area (Å²) in [4.78, 5) is 12.7. The summed E-state index contributed by atoms with van der Waals surface area (Å²) in [6.07, 6.45) is 0. The lowest BCUT2D eigenvalue weighted by atomic mass is 10.3. The van der Waals surface area contributed by atoms with E-state index >= 15 is 0 Å². The molecule has 0 fully saturated rings. The van der Waals surface area contributed by atoms with E-state index in [4.69, 9.17) is 4.74 Å². The molecular weight excluding hydrogens is 225 g/mol. The first kappa shape index (κ1) is 13.4. The Hall–Kier alpha value is -1.62. The van der Waals surface area contributed by atoms with E-state index in [9.17, 15) is 9.18 Å². The molecule has 4 nitrogen and oxygen atoms in total. The average Bonchev–Trinajstić information content (AvgIpc) is 2.31. The van der Waals surface area contributed by atoms with Gasteiger partial charge in [0.05, 0.1) is 13.7 Å². The van der Waals surface area contributed by atoms with Gasteiger partial charge < -0.3 is 9.47 Å². The van der Waals surface area contributed by atoms with Gasteiger partial charge in [-0.25, -0.2) is 4.39 Å². The van der Waals surface area contributed by atoms with E-state index in [1.165, 1.54) is 19.2 Å². The quantitative estimate of drug-likeness (QED) is 0.704. The first-order valence-electron chi connectivity index (χ1n) is 5.25. The summed E-state index contributed by atoms with van der Waals surface area (Å²) < 4.78 is 22.5. The second kappa shape index (κ2) is 6.85. The molecule has 0 unspecified atom stereocenters. The molecule has 0 amide bonds. The summed E-state index contributed by atoms with van der Waals surface area (Å²) >= 11 is 0. The Morgan fingerprint density at radius 3 is 2.59 bits per heavy atom. The highest BCUT2D eigenvalue weighted by Gasteiger charge is 2.05. The van der Waals surface area contributed by atoms with Crippen molar-refractivity contribution in [1.82, 2.24) is 4.90 Å². The molecule has 0 atom stereocenters. The van der Waals surface area contributed by atoms with Crippen molar-refractivity contribution in [2.45, 2.75) is 0 Å². The summed E-state index contributed by atoms with van der Waals surface area (Å²) in [5, 5.41) is 0. The fourth-order valence-corrected chi connectivity index (χ4v) is 1.21. The fraction of sp³-hybridized carbons (Fsp3) is 0.417. The Labute approximate surface area is 99.9 Å². The SMILES string of the molecule is COC(=O)CN(C)CCOc1ccc(F)cc1. The lowest BCUT2D eigenvalue weighted by Crippen LogP contribution is -2.30. The maximum Gasteiger partial charge on any atom is 0.319 e. The molecule has 17 heavy (non-hydrogen) atoms. The van der Waals surface area contributed by atoms with Crippen LogP contribution in [0.5, 0.6) is 5.75 Å². The standard InChI is InChI=1S/C12H16FNO3/c1-14(9-12(15)16-2)7-8-17-11-5-3-10(13)4-6-11/h3-6H,7-9H2,1-2H3. The minimum Gasteiger partial charge on any atom is -0.492 e. The van der Waals surface area contributed by atoms with Gasteiger partial charge in [0, 0.05) is 6.54 Å². The minimum atomic E-state index is -0.292. The van der Waals surface area contributed by atoms with Crippen molar-refractivity contribution < 1.29 is 18.7 Å². The van der Waals surface area contributed by atoms with E-state index in [1.807, 2.05) is 0 Å². The maximum atomic E-state index is 12.6. The molecule has 0 radical (unpaired) electrons. The molecule has 0 aliphatic rings. The Morgan fingerprint density at radius 2 is 2.00 bits per heavy atom. The van der Waals surface area contributed by atoms with Crippen molar-refractivity contribution in [3.63, 3.8) is 0 Å². The van der Waals surface area contributed by atoms with Crippen LogP contribution in [0.1, 0.15) is 0 Å². The van der Waals surface area contributed by atoms with E-state index in [1.54, 1.807) is 24.1 Å². The van der Waals surface area contributed by atoms with Gasteiger partial charge in [-0.15, -0.1) is 0 Å². The number of methoxy groups -OCH3 is 1. The first-order chi connectivity index (χ1) is 8.11. The highest BCUT2D eigenvalue weighted by Crippen LogP contribution is 2.10. The average molecular weight is 241 g/mol. The Morgan fingerprint density at radius 1 is 1.35 bits per heavy atom. The monoisotopic (exact) mass is 241 g/mol. The van der Waals surface area contributed by atoms with Gasteiger partial charge in [0.25, 0.3) is 0 Å². The van der Waals surface area contributed by atoms with E-state index < -0.39 is 0 Å². The van der Waals surface area contributed by atoms with Crippen LogP contribution in [-0.2, 0) is 9.53 Å². The molecule has 5 heteroatoms. The zero-order chi connectivity index (χ0) is 12.7. The van der Waals surface area contributed by atoms with Crippen LogP contribution in [-0.4, -0.2) is 44.7 Å². The molecule has 0 aliphatic heterocycles. The number of rotatable bonds is 6. The molecule has 0 heterocycles. The van der Waals surface area contributed by atoms with Gasteiger partial charge in [-0.3, -0.25) is 9.69 Å². The fourth-order valence-electron chi connectivity index (χ4n) is 1.21. The number of likely N-dealkylation sites (N-methyl/N-ethyl adjacent to an activating group) is 1. The molecule has 1 rings (SSSR count). The third-order valence-corrected chi connectivity index (χ3v) is 2.18. The van der Waals surface area contributed by atoms with Crippen LogP contribution in [0, 0.1) is 5.82 Å². The summed E-state index contributed by atoms with van der Waals surface area (Å²) in [5.74, 6) is 0.0345. The zero-order valence-corrected chi connectivity index (χ0v) is 9.98. The summed E-state index contributed by atoms with van der Waals surface area (Å²) in [6, 6.07) is 5.81.